The van der Waals surface area contributed by atoms with Gasteiger partial charge in [0.1, 0.15) is 0 Å². The molecular weight excluding hydrogens is 378 g/mol. The number of rotatable bonds is 8. The lowest BCUT2D eigenvalue weighted by atomic mass is 10.2. The summed E-state index contributed by atoms with van der Waals surface area (Å²) >= 11 is 7.69. The van der Waals surface area contributed by atoms with Crippen LogP contribution in [0.2, 0.25) is 5.02 Å². The summed E-state index contributed by atoms with van der Waals surface area (Å²) in [5.74, 6) is -0.376. The number of amides is 1. The van der Waals surface area contributed by atoms with Gasteiger partial charge < -0.3 is 19.5 Å². The normalized spacial score (nSPS) is 11.5. The Bertz CT molecular complexity index is 763. The van der Waals surface area contributed by atoms with E-state index in [4.69, 9.17) is 25.8 Å². The van der Waals surface area contributed by atoms with E-state index in [9.17, 15) is 9.59 Å². The molecule has 2 aromatic rings. The van der Waals surface area contributed by atoms with E-state index in [2.05, 4.69) is 5.32 Å². The van der Waals surface area contributed by atoms with Crippen molar-refractivity contribution in [1.82, 2.24) is 5.32 Å². The molecule has 0 saturated carbocycles. The maximum Gasteiger partial charge on any atom is 0.339 e. The van der Waals surface area contributed by atoms with E-state index >= 15 is 0 Å². The average molecular weight is 398 g/mol. The van der Waals surface area contributed by atoms with Crippen LogP contribution in [0.3, 0.4) is 0 Å². The van der Waals surface area contributed by atoms with Crippen LogP contribution in [-0.2, 0) is 16.1 Å². The Morgan fingerprint density at radius 2 is 2.12 bits per heavy atom. The number of halogens is 1. The Morgan fingerprint density at radius 3 is 2.73 bits per heavy atom. The zero-order chi connectivity index (χ0) is 19.1. The van der Waals surface area contributed by atoms with Gasteiger partial charge in [0.15, 0.2) is 17.6 Å². The highest BCUT2D eigenvalue weighted by atomic mass is 35.5. The van der Waals surface area contributed by atoms with E-state index in [0.29, 0.717) is 24.7 Å². The fraction of sp³-hybridized carbons (Fsp3) is 0.333. The van der Waals surface area contributed by atoms with Crippen molar-refractivity contribution in [1.29, 1.82) is 0 Å². The second-order valence-corrected chi connectivity index (χ2v) is 6.71. The van der Waals surface area contributed by atoms with Gasteiger partial charge in [-0.15, -0.1) is 11.3 Å². The molecule has 1 unspecified atom stereocenters. The molecule has 8 heteroatoms. The van der Waals surface area contributed by atoms with Gasteiger partial charge in [0.25, 0.3) is 5.91 Å². The fourth-order valence-corrected chi connectivity index (χ4v) is 3.05. The summed E-state index contributed by atoms with van der Waals surface area (Å²) in [4.78, 5) is 25.4. The van der Waals surface area contributed by atoms with Gasteiger partial charge in [-0.05, 0) is 37.4 Å². The lowest BCUT2D eigenvalue weighted by Crippen LogP contribution is -2.35. The first-order valence-electron chi connectivity index (χ1n) is 7.97. The van der Waals surface area contributed by atoms with Crippen molar-refractivity contribution in [2.24, 2.45) is 0 Å². The Hall–Kier alpha value is -2.25. The molecule has 0 aliphatic carbocycles. The third-order valence-electron chi connectivity index (χ3n) is 3.42. The summed E-state index contributed by atoms with van der Waals surface area (Å²) in [7, 11) is 1.45. The van der Waals surface area contributed by atoms with Gasteiger partial charge in [-0.2, -0.15) is 0 Å². The molecule has 1 heterocycles. The molecule has 0 spiro atoms. The number of hydrogen-bond acceptors (Lipinski definition) is 6. The highest BCUT2D eigenvalue weighted by Crippen LogP contribution is 2.36. The number of esters is 1. The number of nitrogens with one attached hydrogen (secondary N) is 1. The minimum Gasteiger partial charge on any atom is -0.493 e. The molecule has 0 bridgehead atoms. The van der Waals surface area contributed by atoms with Gasteiger partial charge in [0, 0.05) is 4.88 Å². The van der Waals surface area contributed by atoms with E-state index in [1.807, 2.05) is 24.4 Å². The molecule has 1 aromatic heterocycles. The van der Waals surface area contributed by atoms with Crippen LogP contribution in [0.15, 0.2) is 29.6 Å². The third kappa shape index (κ3) is 5.12. The lowest BCUT2D eigenvalue weighted by Gasteiger charge is -2.15. The fourth-order valence-electron chi connectivity index (χ4n) is 2.14. The summed E-state index contributed by atoms with van der Waals surface area (Å²) in [6, 6.07) is 6.71. The molecule has 2 rings (SSSR count). The quantitative estimate of drug-likeness (QED) is 0.688. The predicted octanol–water partition coefficient (Wildman–Crippen LogP) is 3.67. The lowest BCUT2D eigenvalue weighted by molar-refractivity contribution is -0.129. The van der Waals surface area contributed by atoms with Crippen LogP contribution in [0, 0.1) is 0 Å². The molecule has 0 fully saturated rings. The number of ether oxygens (including phenoxy) is 3. The van der Waals surface area contributed by atoms with Crippen molar-refractivity contribution >= 4 is 34.8 Å². The SMILES string of the molecule is CCOc1c(Cl)cc(C(=O)OC(C)C(=O)NCc2cccs2)cc1OC. The van der Waals surface area contributed by atoms with E-state index in [0.717, 1.165) is 4.88 Å². The van der Waals surface area contributed by atoms with Gasteiger partial charge in [0.2, 0.25) is 0 Å². The predicted molar refractivity (Wildman–Crippen MR) is 100 cm³/mol. The number of carbonyl (C=O) groups is 2. The van der Waals surface area contributed by atoms with E-state index in [1.165, 1.54) is 37.5 Å². The first-order valence-corrected chi connectivity index (χ1v) is 9.23. The molecule has 1 N–H and O–H groups in total. The van der Waals surface area contributed by atoms with Crippen molar-refractivity contribution in [2.45, 2.75) is 26.5 Å². The molecule has 1 aromatic carbocycles. The monoisotopic (exact) mass is 397 g/mol. The molecule has 1 amide bonds. The van der Waals surface area contributed by atoms with Crippen LogP contribution in [0.1, 0.15) is 29.1 Å². The molecule has 0 saturated heterocycles. The average Bonchev–Trinajstić information content (AvgIpc) is 3.14. The first kappa shape index (κ1) is 20.1. The summed E-state index contributed by atoms with van der Waals surface area (Å²) in [6.45, 7) is 4.12. The molecule has 0 aliphatic heterocycles. The Morgan fingerprint density at radius 1 is 1.35 bits per heavy atom. The van der Waals surface area contributed by atoms with Crippen LogP contribution >= 0.6 is 22.9 Å². The highest BCUT2D eigenvalue weighted by molar-refractivity contribution is 7.09. The maximum atomic E-state index is 12.3. The van der Waals surface area contributed by atoms with Gasteiger partial charge in [-0.1, -0.05) is 17.7 Å². The Kier molecular flexibility index (Phi) is 7.29. The van der Waals surface area contributed by atoms with E-state index in [-0.39, 0.29) is 16.5 Å². The minimum absolute atomic E-state index is 0.174. The van der Waals surface area contributed by atoms with Crippen molar-refractivity contribution in [3.63, 3.8) is 0 Å². The van der Waals surface area contributed by atoms with Crippen molar-refractivity contribution < 1.29 is 23.8 Å². The molecular formula is C18H20ClNO5S. The molecule has 0 aliphatic rings. The second-order valence-electron chi connectivity index (χ2n) is 5.27. The van der Waals surface area contributed by atoms with Crippen LogP contribution < -0.4 is 14.8 Å². The summed E-state index contributed by atoms with van der Waals surface area (Å²) in [5, 5.41) is 4.88. The summed E-state index contributed by atoms with van der Waals surface area (Å²) in [5.41, 5.74) is 0.174. The van der Waals surface area contributed by atoms with Gasteiger partial charge in [-0.3, -0.25) is 4.79 Å². The van der Waals surface area contributed by atoms with Crippen molar-refractivity contribution in [3.05, 3.63) is 45.1 Å². The second kappa shape index (κ2) is 9.45. The van der Waals surface area contributed by atoms with Gasteiger partial charge in [0.05, 0.1) is 30.8 Å². The zero-order valence-corrected chi connectivity index (χ0v) is 16.3. The van der Waals surface area contributed by atoms with Gasteiger partial charge in [-0.25, -0.2) is 4.79 Å². The number of methoxy groups -OCH3 is 1. The van der Waals surface area contributed by atoms with Crippen LogP contribution in [0.4, 0.5) is 0 Å². The van der Waals surface area contributed by atoms with E-state index in [1.54, 1.807) is 0 Å². The maximum absolute atomic E-state index is 12.3. The standard InChI is InChI=1S/C18H20ClNO5S/c1-4-24-16-14(19)8-12(9-15(16)23-3)18(22)25-11(2)17(21)20-10-13-6-5-7-26-13/h5-9,11H,4,10H2,1-3H3,(H,20,21). The van der Waals surface area contributed by atoms with E-state index < -0.39 is 12.1 Å². The largest absolute Gasteiger partial charge is 0.493 e. The third-order valence-corrected chi connectivity index (χ3v) is 4.58. The number of thiophene rings is 1. The summed E-state index contributed by atoms with van der Waals surface area (Å²) in [6.07, 6.45) is -0.946. The number of hydrogen-bond donors (Lipinski definition) is 1. The Balaban J connectivity index is 2.01. The Labute approximate surface area is 161 Å². The van der Waals surface area contributed by atoms with Crippen molar-refractivity contribution in [3.8, 4) is 11.5 Å². The van der Waals surface area contributed by atoms with Crippen LogP contribution in [0.5, 0.6) is 11.5 Å². The molecule has 6 nitrogen and oxygen atoms in total. The molecule has 1 atom stereocenters. The molecule has 140 valence electrons. The minimum atomic E-state index is -0.946. The topological polar surface area (TPSA) is 73.9 Å². The van der Waals surface area contributed by atoms with Crippen molar-refractivity contribution in [2.75, 3.05) is 13.7 Å². The number of benzene rings is 1. The van der Waals surface area contributed by atoms with Crippen LogP contribution in [0.25, 0.3) is 0 Å². The van der Waals surface area contributed by atoms with Crippen LogP contribution in [-0.4, -0.2) is 31.7 Å². The molecule has 0 radical (unpaired) electrons. The highest BCUT2D eigenvalue weighted by Gasteiger charge is 2.21. The van der Waals surface area contributed by atoms with Gasteiger partial charge >= 0.3 is 5.97 Å². The zero-order valence-electron chi connectivity index (χ0n) is 14.7. The first-order chi connectivity index (χ1) is 12.5. The smallest absolute Gasteiger partial charge is 0.339 e. The number of carbonyl (C=O) groups excluding carboxylic acids is 2. The summed E-state index contributed by atoms with van der Waals surface area (Å²) < 4.78 is 15.8. The molecule has 26 heavy (non-hydrogen) atoms.